The van der Waals surface area contributed by atoms with Gasteiger partial charge in [0.2, 0.25) is 0 Å². The molecule has 0 radical (unpaired) electrons. The van der Waals surface area contributed by atoms with Crippen molar-refractivity contribution in [1.82, 2.24) is 10.3 Å². The highest BCUT2D eigenvalue weighted by Crippen LogP contribution is 2.44. The molecule has 1 fully saturated rings. The Morgan fingerprint density at radius 1 is 1.30 bits per heavy atom. The van der Waals surface area contributed by atoms with E-state index in [1.54, 1.807) is 30.5 Å². The van der Waals surface area contributed by atoms with E-state index < -0.39 is 0 Å². The molecule has 1 heterocycles. The second-order valence-electron chi connectivity index (χ2n) is 5.88. The number of nitrogens with zero attached hydrogens (tertiary/aromatic N) is 1. The SMILES string of the molecule is O=C(NCC1(CO)CC1)c1cccnc1Nc1cccc(F)c1. The summed E-state index contributed by atoms with van der Waals surface area (Å²) >= 11 is 0. The molecule has 5 nitrogen and oxygen atoms in total. The number of pyridine rings is 1. The molecular weight excluding hydrogens is 297 g/mol. The number of carbonyl (C=O) groups is 1. The number of aromatic nitrogens is 1. The Balaban J connectivity index is 1.73. The summed E-state index contributed by atoms with van der Waals surface area (Å²) in [6.45, 7) is 0.519. The molecule has 0 spiro atoms. The van der Waals surface area contributed by atoms with E-state index in [4.69, 9.17) is 0 Å². The molecule has 23 heavy (non-hydrogen) atoms. The first-order valence-corrected chi connectivity index (χ1v) is 7.49. The predicted molar refractivity (Wildman–Crippen MR) is 85.0 cm³/mol. The molecule has 2 aromatic rings. The van der Waals surface area contributed by atoms with E-state index in [1.165, 1.54) is 12.1 Å². The van der Waals surface area contributed by atoms with Crippen molar-refractivity contribution in [3.8, 4) is 0 Å². The van der Waals surface area contributed by atoms with Gasteiger partial charge in [-0.15, -0.1) is 0 Å². The van der Waals surface area contributed by atoms with Crippen molar-refractivity contribution in [1.29, 1.82) is 0 Å². The molecule has 6 heteroatoms. The van der Waals surface area contributed by atoms with Crippen molar-refractivity contribution in [2.75, 3.05) is 18.5 Å². The van der Waals surface area contributed by atoms with E-state index >= 15 is 0 Å². The number of amides is 1. The molecule has 3 N–H and O–H groups in total. The third kappa shape index (κ3) is 3.65. The third-order valence-electron chi connectivity index (χ3n) is 4.06. The van der Waals surface area contributed by atoms with Crippen LogP contribution >= 0.6 is 0 Å². The van der Waals surface area contributed by atoms with E-state index in [9.17, 15) is 14.3 Å². The maximum atomic E-state index is 13.3. The summed E-state index contributed by atoms with van der Waals surface area (Å²) in [4.78, 5) is 16.5. The molecule has 1 amide bonds. The molecule has 1 aromatic carbocycles. The zero-order valence-electron chi connectivity index (χ0n) is 12.6. The number of halogens is 1. The summed E-state index contributed by atoms with van der Waals surface area (Å²) in [5, 5.41) is 15.1. The van der Waals surface area contributed by atoms with Gasteiger partial charge in [-0.2, -0.15) is 0 Å². The molecule has 1 aromatic heterocycles. The van der Waals surface area contributed by atoms with Crippen LogP contribution in [0.5, 0.6) is 0 Å². The molecule has 1 saturated carbocycles. The Morgan fingerprint density at radius 2 is 2.13 bits per heavy atom. The van der Waals surface area contributed by atoms with E-state index in [-0.39, 0.29) is 23.7 Å². The van der Waals surface area contributed by atoms with Gasteiger partial charge in [-0.3, -0.25) is 4.79 Å². The molecule has 0 unspecified atom stereocenters. The van der Waals surface area contributed by atoms with Gasteiger partial charge in [-0.05, 0) is 43.2 Å². The van der Waals surface area contributed by atoms with Gasteiger partial charge in [-0.1, -0.05) is 6.07 Å². The van der Waals surface area contributed by atoms with Crippen LogP contribution in [0.25, 0.3) is 0 Å². The average Bonchev–Trinajstić information content (AvgIpc) is 3.34. The topological polar surface area (TPSA) is 74.2 Å². The van der Waals surface area contributed by atoms with E-state index in [0.29, 0.717) is 23.6 Å². The van der Waals surface area contributed by atoms with Crippen molar-refractivity contribution in [2.24, 2.45) is 5.41 Å². The second kappa shape index (κ2) is 6.34. The number of hydrogen-bond donors (Lipinski definition) is 3. The maximum absolute atomic E-state index is 13.3. The molecule has 1 aliphatic rings. The predicted octanol–water partition coefficient (Wildman–Crippen LogP) is 2.47. The van der Waals surface area contributed by atoms with Gasteiger partial charge in [0.1, 0.15) is 11.6 Å². The zero-order chi connectivity index (χ0) is 16.3. The fraction of sp³-hybridized carbons (Fsp3) is 0.294. The number of aliphatic hydroxyl groups excluding tert-OH is 1. The molecule has 120 valence electrons. The van der Waals surface area contributed by atoms with E-state index in [1.807, 2.05) is 0 Å². The van der Waals surface area contributed by atoms with Crippen LogP contribution in [0, 0.1) is 11.2 Å². The normalized spacial score (nSPS) is 15.0. The highest BCUT2D eigenvalue weighted by Gasteiger charge is 2.42. The first-order chi connectivity index (χ1) is 11.1. The standard InChI is InChI=1S/C17H18FN3O2/c18-12-3-1-4-13(9-12)21-15-14(5-2-8-19-15)16(23)20-10-17(11-22)6-7-17/h1-5,8-9,22H,6-7,10-11H2,(H,19,21)(H,20,23). The number of anilines is 2. The number of carbonyl (C=O) groups excluding carboxylic acids is 1. The third-order valence-corrected chi connectivity index (χ3v) is 4.06. The molecule has 0 bridgehead atoms. The van der Waals surface area contributed by atoms with Crippen molar-refractivity contribution in [2.45, 2.75) is 12.8 Å². The Kier molecular flexibility index (Phi) is 4.25. The number of aliphatic hydroxyl groups is 1. The smallest absolute Gasteiger partial charge is 0.255 e. The number of hydrogen-bond acceptors (Lipinski definition) is 4. The average molecular weight is 315 g/mol. The lowest BCUT2D eigenvalue weighted by atomic mass is 10.1. The highest BCUT2D eigenvalue weighted by atomic mass is 19.1. The first-order valence-electron chi connectivity index (χ1n) is 7.49. The molecule has 1 aliphatic carbocycles. The highest BCUT2D eigenvalue weighted by molar-refractivity contribution is 5.99. The minimum atomic E-state index is -0.365. The van der Waals surface area contributed by atoms with Crippen molar-refractivity contribution >= 4 is 17.4 Å². The van der Waals surface area contributed by atoms with Gasteiger partial charge in [0.25, 0.3) is 5.91 Å². The van der Waals surface area contributed by atoms with Crippen LogP contribution in [0.2, 0.25) is 0 Å². The summed E-state index contributed by atoms with van der Waals surface area (Å²) in [5.74, 6) is -0.267. The van der Waals surface area contributed by atoms with Crippen LogP contribution in [0.4, 0.5) is 15.9 Å². The largest absolute Gasteiger partial charge is 0.396 e. The van der Waals surface area contributed by atoms with Crippen LogP contribution in [0.3, 0.4) is 0 Å². The lowest BCUT2D eigenvalue weighted by Crippen LogP contribution is -2.32. The summed E-state index contributed by atoms with van der Waals surface area (Å²) in [6, 6.07) is 9.29. The van der Waals surface area contributed by atoms with Crippen molar-refractivity contribution in [3.63, 3.8) is 0 Å². The summed E-state index contributed by atoms with van der Waals surface area (Å²) in [7, 11) is 0. The minimum absolute atomic E-state index is 0.0781. The molecule has 0 saturated heterocycles. The Hall–Kier alpha value is -2.47. The van der Waals surface area contributed by atoms with Crippen molar-refractivity contribution < 1.29 is 14.3 Å². The molecular formula is C17H18FN3O2. The van der Waals surface area contributed by atoms with E-state index in [0.717, 1.165) is 12.8 Å². The zero-order valence-corrected chi connectivity index (χ0v) is 12.6. The Bertz CT molecular complexity index is 716. The van der Waals surface area contributed by atoms with Gasteiger partial charge < -0.3 is 15.7 Å². The fourth-order valence-electron chi connectivity index (χ4n) is 2.32. The van der Waals surface area contributed by atoms with Crippen LogP contribution in [0.1, 0.15) is 23.2 Å². The first kappa shape index (κ1) is 15.4. The molecule has 0 aliphatic heterocycles. The van der Waals surface area contributed by atoms with Crippen LogP contribution in [-0.4, -0.2) is 29.1 Å². The summed E-state index contributed by atoms with van der Waals surface area (Å²) in [6.07, 6.45) is 3.41. The number of nitrogens with one attached hydrogen (secondary N) is 2. The van der Waals surface area contributed by atoms with Crippen LogP contribution in [0.15, 0.2) is 42.6 Å². The van der Waals surface area contributed by atoms with Crippen LogP contribution < -0.4 is 10.6 Å². The quantitative estimate of drug-likeness (QED) is 0.765. The Morgan fingerprint density at radius 3 is 2.83 bits per heavy atom. The fourth-order valence-corrected chi connectivity index (χ4v) is 2.32. The lowest BCUT2D eigenvalue weighted by Gasteiger charge is -2.14. The monoisotopic (exact) mass is 315 g/mol. The number of rotatable bonds is 6. The van der Waals surface area contributed by atoms with Gasteiger partial charge in [0.05, 0.1) is 12.2 Å². The van der Waals surface area contributed by atoms with Gasteiger partial charge in [0, 0.05) is 23.8 Å². The summed E-state index contributed by atoms with van der Waals surface area (Å²) in [5.41, 5.74) is 0.742. The van der Waals surface area contributed by atoms with Crippen molar-refractivity contribution in [3.05, 3.63) is 54.0 Å². The maximum Gasteiger partial charge on any atom is 0.255 e. The lowest BCUT2D eigenvalue weighted by molar-refractivity contribution is 0.0936. The van der Waals surface area contributed by atoms with Gasteiger partial charge in [0.15, 0.2) is 0 Å². The molecule has 0 atom stereocenters. The molecule has 3 rings (SSSR count). The minimum Gasteiger partial charge on any atom is -0.396 e. The van der Waals surface area contributed by atoms with Gasteiger partial charge in [-0.25, -0.2) is 9.37 Å². The van der Waals surface area contributed by atoms with E-state index in [2.05, 4.69) is 15.6 Å². The second-order valence-corrected chi connectivity index (χ2v) is 5.88. The van der Waals surface area contributed by atoms with Gasteiger partial charge >= 0.3 is 0 Å². The summed E-state index contributed by atoms with van der Waals surface area (Å²) < 4.78 is 13.3. The van der Waals surface area contributed by atoms with Crippen LogP contribution in [-0.2, 0) is 0 Å². The Labute approximate surface area is 133 Å². The number of benzene rings is 1.